The predicted molar refractivity (Wildman–Crippen MR) is 72.8 cm³/mol. The van der Waals surface area contributed by atoms with Crippen molar-refractivity contribution in [2.75, 3.05) is 10.6 Å². The molecule has 106 valence electrons. The Kier molecular flexibility index (Phi) is 4.29. The van der Waals surface area contributed by atoms with E-state index in [4.69, 9.17) is 0 Å². The molecule has 3 nitrogen and oxygen atoms in total. The number of halogens is 3. The lowest BCUT2D eigenvalue weighted by molar-refractivity contribution is -0.167. The molecule has 1 aromatic heterocycles. The lowest BCUT2D eigenvalue weighted by atomic mass is 10.2. The molecule has 0 bridgehead atoms. The third-order valence-electron chi connectivity index (χ3n) is 2.46. The Hall–Kier alpha value is -2.02. The summed E-state index contributed by atoms with van der Waals surface area (Å²) in [7, 11) is 0. The second kappa shape index (κ2) is 5.96. The molecular weight excluding hydrogens is 289 g/mol. The van der Waals surface area contributed by atoms with Crippen molar-refractivity contribution < 1.29 is 18.0 Å². The van der Waals surface area contributed by atoms with Crippen molar-refractivity contribution in [2.24, 2.45) is 0 Å². The summed E-state index contributed by atoms with van der Waals surface area (Å²) in [4.78, 5) is 10.8. The molecule has 0 aliphatic rings. The standard InChI is InChI=1S/C13H11F3N2OS/c14-13(15,16)12(19)18-10-3-1-2-9(6-10)7-17-11-4-5-20-8-11/h1-6,8,17H,7H2,(H,18,19). The molecule has 0 aliphatic carbocycles. The van der Waals surface area contributed by atoms with Gasteiger partial charge in [-0.2, -0.15) is 24.5 Å². The van der Waals surface area contributed by atoms with Gasteiger partial charge in [0, 0.05) is 23.3 Å². The third-order valence-corrected chi connectivity index (χ3v) is 3.14. The molecule has 0 radical (unpaired) electrons. The molecule has 1 heterocycles. The van der Waals surface area contributed by atoms with Gasteiger partial charge >= 0.3 is 12.1 Å². The van der Waals surface area contributed by atoms with Gasteiger partial charge in [0.1, 0.15) is 0 Å². The number of thiophene rings is 1. The Morgan fingerprint density at radius 3 is 2.65 bits per heavy atom. The highest BCUT2D eigenvalue weighted by Crippen LogP contribution is 2.19. The molecule has 1 aromatic carbocycles. The van der Waals surface area contributed by atoms with Crippen molar-refractivity contribution in [1.29, 1.82) is 0 Å². The minimum absolute atomic E-state index is 0.122. The van der Waals surface area contributed by atoms with Gasteiger partial charge < -0.3 is 10.6 Å². The summed E-state index contributed by atoms with van der Waals surface area (Å²) in [5.74, 6) is -1.97. The molecule has 2 aromatic rings. The van der Waals surface area contributed by atoms with Gasteiger partial charge in [-0.1, -0.05) is 12.1 Å². The van der Waals surface area contributed by atoms with Gasteiger partial charge in [0.2, 0.25) is 0 Å². The van der Waals surface area contributed by atoms with Gasteiger partial charge in [-0.05, 0) is 29.1 Å². The van der Waals surface area contributed by atoms with Gasteiger partial charge in [-0.25, -0.2) is 0 Å². The maximum Gasteiger partial charge on any atom is 0.471 e. The van der Waals surface area contributed by atoms with E-state index >= 15 is 0 Å². The number of carbonyl (C=O) groups is 1. The van der Waals surface area contributed by atoms with Crippen LogP contribution in [0.15, 0.2) is 41.1 Å². The fourth-order valence-electron chi connectivity index (χ4n) is 1.53. The quantitative estimate of drug-likeness (QED) is 0.900. The zero-order chi connectivity index (χ0) is 14.6. The molecular formula is C13H11F3N2OS. The zero-order valence-electron chi connectivity index (χ0n) is 10.2. The van der Waals surface area contributed by atoms with Crippen LogP contribution in [0.5, 0.6) is 0 Å². The summed E-state index contributed by atoms with van der Waals surface area (Å²) >= 11 is 1.54. The first-order valence-corrected chi connectivity index (χ1v) is 6.62. The average Bonchev–Trinajstić information content (AvgIpc) is 2.89. The number of hydrogen-bond acceptors (Lipinski definition) is 3. The maximum atomic E-state index is 12.1. The van der Waals surface area contributed by atoms with Crippen LogP contribution < -0.4 is 10.6 Å². The normalized spacial score (nSPS) is 11.2. The largest absolute Gasteiger partial charge is 0.471 e. The Bertz CT molecular complexity index is 582. The van der Waals surface area contributed by atoms with Crippen LogP contribution in [0.25, 0.3) is 0 Å². The Morgan fingerprint density at radius 2 is 2.00 bits per heavy atom. The van der Waals surface area contributed by atoms with Crippen molar-refractivity contribution in [3.8, 4) is 0 Å². The molecule has 0 spiro atoms. The number of amides is 1. The predicted octanol–water partition coefficient (Wildman–Crippen LogP) is 3.86. The van der Waals surface area contributed by atoms with Crippen LogP contribution in [0, 0.1) is 0 Å². The highest BCUT2D eigenvalue weighted by molar-refractivity contribution is 7.08. The fraction of sp³-hybridized carbons (Fsp3) is 0.154. The summed E-state index contributed by atoms with van der Waals surface area (Å²) in [6.07, 6.45) is -4.88. The zero-order valence-corrected chi connectivity index (χ0v) is 11.0. The molecule has 7 heteroatoms. The second-order valence-electron chi connectivity index (χ2n) is 4.02. The summed E-state index contributed by atoms with van der Waals surface area (Å²) in [6, 6.07) is 8.18. The van der Waals surface area contributed by atoms with E-state index in [9.17, 15) is 18.0 Å². The van der Waals surface area contributed by atoms with Gasteiger partial charge in [-0.3, -0.25) is 4.79 Å². The molecule has 0 saturated carbocycles. The maximum absolute atomic E-state index is 12.1. The number of rotatable bonds is 4. The number of carbonyl (C=O) groups excluding carboxylic acids is 1. The SMILES string of the molecule is O=C(Nc1cccc(CNc2ccsc2)c1)C(F)(F)F. The summed E-state index contributed by atoms with van der Waals surface area (Å²) < 4.78 is 36.4. The van der Waals surface area contributed by atoms with E-state index in [1.807, 2.05) is 22.1 Å². The molecule has 0 fully saturated rings. The molecule has 2 N–H and O–H groups in total. The van der Waals surface area contributed by atoms with Gasteiger partial charge in [0.05, 0.1) is 0 Å². The monoisotopic (exact) mass is 300 g/mol. The van der Waals surface area contributed by atoms with Crippen molar-refractivity contribution in [3.05, 3.63) is 46.7 Å². The lowest BCUT2D eigenvalue weighted by Gasteiger charge is -2.10. The average molecular weight is 300 g/mol. The van der Waals surface area contributed by atoms with E-state index in [1.165, 1.54) is 12.1 Å². The van der Waals surface area contributed by atoms with Gasteiger partial charge in [0.15, 0.2) is 0 Å². The first kappa shape index (κ1) is 14.4. The molecule has 20 heavy (non-hydrogen) atoms. The van der Waals surface area contributed by atoms with Crippen molar-refractivity contribution in [1.82, 2.24) is 0 Å². The van der Waals surface area contributed by atoms with Crippen LogP contribution in [0.2, 0.25) is 0 Å². The van der Waals surface area contributed by atoms with E-state index < -0.39 is 12.1 Å². The van der Waals surface area contributed by atoms with Crippen molar-refractivity contribution in [3.63, 3.8) is 0 Å². The third kappa shape index (κ3) is 3.99. The van der Waals surface area contributed by atoms with Crippen LogP contribution in [-0.2, 0) is 11.3 Å². The number of alkyl halides is 3. The van der Waals surface area contributed by atoms with Gasteiger partial charge in [-0.15, -0.1) is 0 Å². The molecule has 0 unspecified atom stereocenters. The van der Waals surface area contributed by atoms with E-state index in [-0.39, 0.29) is 5.69 Å². The molecule has 0 atom stereocenters. The van der Waals surface area contributed by atoms with Gasteiger partial charge in [0.25, 0.3) is 0 Å². The van der Waals surface area contributed by atoms with E-state index in [2.05, 4.69) is 5.32 Å². The molecule has 0 saturated heterocycles. The topological polar surface area (TPSA) is 41.1 Å². The molecule has 2 rings (SSSR count). The molecule has 0 aliphatic heterocycles. The second-order valence-corrected chi connectivity index (χ2v) is 4.80. The number of hydrogen-bond donors (Lipinski definition) is 2. The number of nitrogens with one attached hydrogen (secondary N) is 2. The number of anilines is 2. The minimum atomic E-state index is -4.88. The Balaban J connectivity index is 1.99. The minimum Gasteiger partial charge on any atom is -0.380 e. The highest BCUT2D eigenvalue weighted by Gasteiger charge is 2.38. The molecule has 1 amide bonds. The van der Waals surface area contributed by atoms with E-state index in [0.29, 0.717) is 6.54 Å². The van der Waals surface area contributed by atoms with Crippen LogP contribution in [-0.4, -0.2) is 12.1 Å². The summed E-state index contributed by atoms with van der Waals surface area (Å²) in [5, 5.41) is 8.80. The Morgan fingerprint density at radius 1 is 1.20 bits per heavy atom. The summed E-state index contributed by atoms with van der Waals surface area (Å²) in [5.41, 5.74) is 1.84. The van der Waals surface area contributed by atoms with Crippen LogP contribution >= 0.6 is 11.3 Å². The number of benzene rings is 1. The first-order chi connectivity index (χ1) is 9.45. The van der Waals surface area contributed by atoms with Crippen LogP contribution in [0.1, 0.15) is 5.56 Å². The lowest BCUT2D eigenvalue weighted by Crippen LogP contribution is -2.29. The van der Waals surface area contributed by atoms with Crippen molar-refractivity contribution >= 4 is 28.6 Å². The first-order valence-electron chi connectivity index (χ1n) is 5.68. The van der Waals surface area contributed by atoms with Crippen LogP contribution in [0.3, 0.4) is 0 Å². The summed E-state index contributed by atoms with van der Waals surface area (Å²) in [6.45, 7) is 0.465. The van der Waals surface area contributed by atoms with E-state index in [1.54, 1.807) is 23.5 Å². The van der Waals surface area contributed by atoms with Crippen LogP contribution in [0.4, 0.5) is 24.5 Å². The highest BCUT2D eigenvalue weighted by atomic mass is 32.1. The Labute approximate surface area is 117 Å². The van der Waals surface area contributed by atoms with Crippen molar-refractivity contribution in [2.45, 2.75) is 12.7 Å². The smallest absolute Gasteiger partial charge is 0.380 e. The van der Waals surface area contributed by atoms with E-state index in [0.717, 1.165) is 11.3 Å². The fourth-order valence-corrected chi connectivity index (χ4v) is 2.14.